The molecule has 5 rings (SSSR count). The van der Waals surface area contributed by atoms with Crippen molar-refractivity contribution in [3.05, 3.63) is 71.8 Å². The Bertz CT molecular complexity index is 2380. The summed E-state index contributed by atoms with van der Waals surface area (Å²) >= 11 is 0. The fourth-order valence-corrected chi connectivity index (χ4v) is 11.5. The third-order valence-corrected chi connectivity index (χ3v) is 16.5. The van der Waals surface area contributed by atoms with Crippen LogP contribution in [0.2, 0.25) is 0 Å². The number of amides is 10. The van der Waals surface area contributed by atoms with Gasteiger partial charge in [0.05, 0.1) is 0 Å². The number of unbranched alkanes of at least 4 members (excludes halogenated alkanes) is 4. The van der Waals surface area contributed by atoms with E-state index in [0.29, 0.717) is 88.4 Å². The van der Waals surface area contributed by atoms with E-state index in [1.54, 1.807) is 60.7 Å². The lowest BCUT2D eigenvalue weighted by Crippen LogP contribution is -2.61. The van der Waals surface area contributed by atoms with Crippen LogP contribution in [-0.2, 0) is 60.8 Å². The van der Waals surface area contributed by atoms with Gasteiger partial charge in [-0.15, -0.1) is 0 Å². The highest BCUT2D eigenvalue weighted by molar-refractivity contribution is 6.00. The standard InChI is InChI=1S/C62H100N16O10/c63-31-11-7-23-43-57(83)75-49(39-41-19-3-1-4-20-41)61(87)77-37-17-29-51(77)59(85)73-45(25-9-13-33-65)53(79)72-48(28-16-36-68)56(82)70-44(24-8-12-32-64)58(84)76-50(40-42-21-5-2-6-22-42)62(88)78-38-18-30-52(78)60(86)74-46(26-10-14-34-66)54(80)71-47(27-15-35-67)55(81)69-43/h1-6,19-22,43-52H,7-18,23-40,63-68H2,(H,69,81)(H,70,82)(H,71,80)(H,72,79)(H,73,85)(H,74,86)(H,75,83)(H,76,84)/t43-,44-,45-,46-,47-,48-,49-,50+,51-,52-/m0/s1. The topological polar surface area (TPSA) is 430 Å². The smallest absolute Gasteiger partial charge is 0.246 e. The van der Waals surface area contributed by atoms with Crippen LogP contribution < -0.4 is 76.9 Å². The van der Waals surface area contributed by atoms with Gasteiger partial charge in [0.25, 0.3) is 0 Å². The van der Waals surface area contributed by atoms with Crippen molar-refractivity contribution < 1.29 is 47.9 Å². The molecule has 26 heteroatoms. The van der Waals surface area contributed by atoms with Gasteiger partial charge in [0.1, 0.15) is 60.4 Å². The second-order valence-corrected chi connectivity index (χ2v) is 23.2. The molecule has 0 unspecified atom stereocenters. The van der Waals surface area contributed by atoms with Crippen molar-refractivity contribution in [2.75, 3.05) is 52.4 Å². The minimum absolute atomic E-state index is 0.000872. The summed E-state index contributed by atoms with van der Waals surface area (Å²) in [5.74, 6) is -6.70. The van der Waals surface area contributed by atoms with E-state index in [0.717, 1.165) is 0 Å². The van der Waals surface area contributed by atoms with E-state index < -0.39 is 119 Å². The van der Waals surface area contributed by atoms with Crippen molar-refractivity contribution in [2.24, 2.45) is 34.4 Å². The second kappa shape index (κ2) is 39.0. The van der Waals surface area contributed by atoms with E-state index in [9.17, 15) is 38.4 Å². The number of carbonyl (C=O) groups excluding carboxylic acids is 10. The van der Waals surface area contributed by atoms with Crippen LogP contribution in [0.3, 0.4) is 0 Å². The molecule has 3 fully saturated rings. The number of nitrogens with zero attached hydrogens (tertiary/aromatic N) is 2. The molecule has 26 nitrogen and oxygen atoms in total. The average molecular weight is 1230 g/mol. The molecule has 0 saturated carbocycles. The predicted molar refractivity (Wildman–Crippen MR) is 333 cm³/mol. The van der Waals surface area contributed by atoms with Crippen molar-refractivity contribution in [3.8, 4) is 0 Å². The average Bonchev–Trinajstić information content (AvgIpc) is 3.56. The summed E-state index contributed by atoms with van der Waals surface area (Å²) in [5, 5.41) is 22.9. The van der Waals surface area contributed by atoms with Crippen LogP contribution in [0.25, 0.3) is 0 Å². The second-order valence-electron chi connectivity index (χ2n) is 23.2. The molecule has 3 aliphatic rings. The Morgan fingerprint density at radius 3 is 0.807 bits per heavy atom. The highest BCUT2D eigenvalue weighted by Crippen LogP contribution is 2.23. The lowest BCUT2D eigenvalue weighted by atomic mass is 10.0. The van der Waals surface area contributed by atoms with Crippen LogP contribution in [0.5, 0.6) is 0 Å². The van der Waals surface area contributed by atoms with Crippen molar-refractivity contribution in [1.29, 1.82) is 0 Å². The normalized spacial score (nSPS) is 25.3. The van der Waals surface area contributed by atoms with Gasteiger partial charge in [-0.1, -0.05) is 60.7 Å². The largest absolute Gasteiger partial charge is 0.343 e. The molecule has 10 atom stereocenters. The Balaban J connectivity index is 1.61. The highest BCUT2D eigenvalue weighted by atomic mass is 16.2. The van der Waals surface area contributed by atoms with Crippen molar-refractivity contribution in [2.45, 2.75) is 202 Å². The van der Waals surface area contributed by atoms with Gasteiger partial charge in [0, 0.05) is 25.9 Å². The first-order chi connectivity index (χ1) is 42.6. The summed E-state index contributed by atoms with van der Waals surface area (Å²) in [6.07, 6.45) is 5.87. The molecular formula is C62H100N16O10. The molecule has 0 bridgehead atoms. The lowest BCUT2D eigenvalue weighted by Gasteiger charge is -2.32. The molecule has 10 amide bonds. The third kappa shape index (κ3) is 22.8. The number of carbonyl (C=O) groups is 10. The molecule has 2 aromatic rings. The first-order valence-electron chi connectivity index (χ1n) is 31.9. The molecule has 88 heavy (non-hydrogen) atoms. The van der Waals surface area contributed by atoms with Crippen molar-refractivity contribution >= 4 is 59.1 Å². The van der Waals surface area contributed by atoms with E-state index in [1.807, 2.05) is 0 Å². The van der Waals surface area contributed by atoms with Crippen LogP contribution >= 0.6 is 0 Å². The van der Waals surface area contributed by atoms with Crippen LogP contribution in [0.1, 0.15) is 140 Å². The Hall–Kier alpha value is -7.10. The minimum Gasteiger partial charge on any atom is -0.343 e. The fraction of sp³-hybridized carbons (Fsp3) is 0.645. The molecule has 2 aromatic carbocycles. The molecule has 3 aliphatic heterocycles. The number of nitrogens with one attached hydrogen (secondary N) is 8. The van der Waals surface area contributed by atoms with E-state index >= 15 is 9.59 Å². The molecule has 0 aromatic heterocycles. The zero-order chi connectivity index (χ0) is 63.8. The van der Waals surface area contributed by atoms with Crippen LogP contribution in [0.4, 0.5) is 0 Å². The molecule has 0 aliphatic carbocycles. The van der Waals surface area contributed by atoms with Gasteiger partial charge >= 0.3 is 0 Å². The van der Waals surface area contributed by atoms with E-state index in [2.05, 4.69) is 42.5 Å². The lowest BCUT2D eigenvalue weighted by molar-refractivity contribution is -0.143. The van der Waals surface area contributed by atoms with E-state index in [1.165, 1.54) is 9.80 Å². The monoisotopic (exact) mass is 1230 g/mol. The Morgan fingerprint density at radius 2 is 0.545 bits per heavy atom. The molecule has 488 valence electrons. The third-order valence-electron chi connectivity index (χ3n) is 16.5. The molecule has 20 N–H and O–H groups in total. The van der Waals surface area contributed by atoms with Gasteiger partial charge in [0.2, 0.25) is 59.1 Å². The first kappa shape index (κ1) is 71.7. The van der Waals surface area contributed by atoms with E-state index in [4.69, 9.17) is 34.4 Å². The van der Waals surface area contributed by atoms with Gasteiger partial charge in [-0.2, -0.15) is 0 Å². The maximum Gasteiger partial charge on any atom is 0.246 e. The summed E-state index contributed by atoms with van der Waals surface area (Å²) in [4.78, 5) is 150. The quantitative estimate of drug-likeness (QED) is 0.0469. The van der Waals surface area contributed by atoms with Crippen LogP contribution in [0.15, 0.2) is 60.7 Å². The number of benzene rings is 2. The van der Waals surface area contributed by atoms with Crippen molar-refractivity contribution in [3.63, 3.8) is 0 Å². The molecule has 0 radical (unpaired) electrons. The summed E-state index contributed by atoms with van der Waals surface area (Å²) < 4.78 is 0. The van der Waals surface area contributed by atoms with Gasteiger partial charge in [-0.05, 0) is 179 Å². The molecular weight excluding hydrogens is 1130 g/mol. The summed E-state index contributed by atoms with van der Waals surface area (Å²) in [6, 6.07) is 5.82. The fourth-order valence-electron chi connectivity index (χ4n) is 11.5. The Labute approximate surface area is 517 Å². The number of nitrogens with two attached hydrogens (primary N) is 6. The van der Waals surface area contributed by atoms with E-state index in [-0.39, 0.29) is 116 Å². The number of fused-ring (bicyclic) bond motifs is 2. The van der Waals surface area contributed by atoms with Crippen LogP contribution in [-0.4, -0.2) is 182 Å². The highest BCUT2D eigenvalue weighted by Gasteiger charge is 2.43. The summed E-state index contributed by atoms with van der Waals surface area (Å²) in [7, 11) is 0. The zero-order valence-corrected chi connectivity index (χ0v) is 51.2. The first-order valence-corrected chi connectivity index (χ1v) is 31.9. The predicted octanol–water partition coefficient (Wildman–Crippen LogP) is -1.66. The maximum atomic E-state index is 15.0. The zero-order valence-electron chi connectivity index (χ0n) is 51.2. The summed E-state index contributed by atoms with van der Waals surface area (Å²) in [5.41, 5.74) is 36.8. The van der Waals surface area contributed by atoms with Gasteiger partial charge in [-0.3, -0.25) is 47.9 Å². The SMILES string of the molecule is NCCCC[C@@H]1NC(=O)[C@H](CCCN)NC(=O)[C@H](CCCCN)NC(=O)[C@@H]2CCCN2C(=O)[C@@H](Cc2ccccc2)NC(=O)[C@H](CCCCN)NC(=O)[C@H](CCCN)NC(=O)[C@H](CCCCN)NC(=O)[C@@H]2CCCN2C(=O)[C@H](Cc2ccccc2)NC1=O. The Morgan fingerprint density at radius 1 is 0.307 bits per heavy atom. The number of hydrogen-bond acceptors (Lipinski definition) is 16. The number of hydrogen-bond donors (Lipinski definition) is 14. The molecule has 0 spiro atoms. The minimum atomic E-state index is -1.26. The van der Waals surface area contributed by atoms with Crippen molar-refractivity contribution in [1.82, 2.24) is 52.3 Å². The molecule has 3 saturated heterocycles. The number of rotatable bonds is 26. The Kier molecular flexibility index (Phi) is 31.8. The van der Waals surface area contributed by atoms with Gasteiger partial charge < -0.3 is 86.7 Å². The van der Waals surface area contributed by atoms with Crippen LogP contribution in [0, 0.1) is 0 Å². The van der Waals surface area contributed by atoms with Gasteiger partial charge in [0.15, 0.2) is 0 Å². The molecule has 3 heterocycles. The summed E-state index contributed by atoms with van der Waals surface area (Å²) in [6.45, 7) is 1.73. The van der Waals surface area contributed by atoms with Gasteiger partial charge in [-0.25, -0.2) is 0 Å². The maximum absolute atomic E-state index is 15.0.